The highest BCUT2D eigenvalue weighted by Gasteiger charge is 2.16. The van der Waals surface area contributed by atoms with Gasteiger partial charge < -0.3 is 10.1 Å². The van der Waals surface area contributed by atoms with Crippen LogP contribution >= 0.6 is 11.8 Å². The zero-order valence-corrected chi connectivity index (χ0v) is 20.9. The van der Waals surface area contributed by atoms with Crippen LogP contribution in [0.15, 0.2) is 119 Å². The fraction of sp³-hybridized carbons (Fsp3) is 0.133. The Kier molecular flexibility index (Phi) is 8.78. The molecule has 0 heterocycles. The smallest absolute Gasteiger partial charge is 0.322 e. The molecule has 0 fully saturated rings. The van der Waals surface area contributed by atoms with Crippen molar-refractivity contribution in [1.82, 2.24) is 5.32 Å². The standard InChI is InChI=1S/C30H28N2O3S/c1-23(33)35-27-15-17-28(18-16-27)36-29-14-8-13-26(21-29)32(20-19-24-9-4-2-5-10-24)30(34)31-22-25-11-6-3-7-12-25/h2-18,21H,19-20,22H2,1H3,(H,31,34). The number of ether oxygens (including phenoxy) is 1. The maximum absolute atomic E-state index is 13.3. The highest BCUT2D eigenvalue weighted by atomic mass is 32.2. The van der Waals surface area contributed by atoms with Crippen molar-refractivity contribution < 1.29 is 14.3 Å². The lowest BCUT2D eigenvalue weighted by Gasteiger charge is -2.24. The van der Waals surface area contributed by atoms with Gasteiger partial charge in [-0.3, -0.25) is 9.69 Å². The largest absolute Gasteiger partial charge is 0.427 e. The van der Waals surface area contributed by atoms with Gasteiger partial charge in [-0.1, -0.05) is 78.5 Å². The molecule has 2 amide bonds. The maximum atomic E-state index is 13.3. The summed E-state index contributed by atoms with van der Waals surface area (Å²) in [6, 6.07) is 35.3. The lowest BCUT2D eigenvalue weighted by Crippen LogP contribution is -2.41. The topological polar surface area (TPSA) is 58.6 Å². The molecule has 182 valence electrons. The minimum absolute atomic E-state index is 0.136. The van der Waals surface area contributed by atoms with E-state index < -0.39 is 0 Å². The zero-order valence-electron chi connectivity index (χ0n) is 20.1. The lowest BCUT2D eigenvalue weighted by atomic mass is 10.1. The molecule has 4 rings (SSSR count). The summed E-state index contributed by atoms with van der Waals surface area (Å²) in [7, 11) is 0. The minimum atomic E-state index is -0.343. The Labute approximate surface area is 216 Å². The molecule has 0 aliphatic heterocycles. The van der Waals surface area contributed by atoms with Crippen LogP contribution in [0.25, 0.3) is 0 Å². The van der Waals surface area contributed by atoms with E-state index >= 15 is 0 Å². The third kappa shape index (κ3) is 7.48. The summed E-state index contributed by atoms with van der Waals surface area (Å²) in [4.78, 5) is 28.3. The number of carbonyl (C=O) groups is 2. The number of nitrogens with one attached hydrogen (secondary N) is 1. The van der Waals surface area contributed by atoms with Crippen molar-refractivity contribution >= 4 is 29.4 Å². The molecule has 0 spiro atoms. The summed E-state index contributed by atoms with van der Waals surface area (Å²) in [6.45, 7) is 2.40. The number of nitrogens with zero attached hydrogens (tertiary/aromatic N) is 1. The highest BCUT2D eigenvalue weighted by molar-refractivity contribution is 7.99. The van der Waals surface area contributed by atoms with Gasteiger partial charge in [0.25, 0.3) is 0 Å². The van der Waals surface area contributed by atoms with Crippen molar-refractivity contribution in [2.45, 2.75) is 29.7 Å². The van der Waals surface area contributed by atoms with Gasteiger partial charge in [-0.15, -0.1) is 0 Å². The second kappa shape index (κ2) is 12.6. The van der Waals surface area contributed by atoms with Crippen LogP contribution in [0.5, 0.6) is 5.75 Å². The van der Waals surface area contributed by atoms with Crippen molar-refractivity contribution in [3.05, 3.63) is 120 Å². The Balaban J connectivity index is 1.50. The third-order valence-corrected chi connectivity index (χ3v) is 6.45. The molecule has 0 aliphatic carbocycles. The van der Waals surface area contributed by atoms with Gasteiger partial charge in [0.2, 0.25) is 0 Å². The summed E-state index contributed by atoms with van der Waals surface area (Å²) in [6.07, 6.45) is 0.745. The van der Waals surface area contributed by atoms with E-state index in [1.807, 2.05) is 84.9 Å². The second-order valence-electron chi connectivity index (χ2n) is 8.20. The van der Waals surface area contributed by atoms with Crippen LogP contribution < -0.4 is 15.0 Å². The molecule has 0 aromatic heterocycles. The van der Waals surface area contributed by atoms with E-state index in [9.17, 15) is 9.59 Å². The van der Waals surface area contributed by atoms with Crippen molar-refractivity contribution in [2.24, 2.45) is 0 Å². The molecule has 4 aromatic rings. The second-order valence-corrected chi connectivity index (χ2v) is 9.34. The molecule has 5 nitrogen and oxygen atoms in total. The van der Waals surface area contributed by atoms with Gasteiger partial charge in [0, 0.05) is 35.5 Å². The summed E-state index contributed by atoms with van der Waals surface area (Å²) in [5, 5.41) is 3.06. The quantitative estimate of drug-likeness (QED) is 0.206. The molecule has 0 aliphatic rings. The molecule has 0 saturated heterocycles. The van der Waals surface area contributed by atoms with Crippen LogP contribution in [0.3, 0.4) is 0 Å². The van der Waals surface area contributed by atoms with E-state index in [4.69, 9.17) is 4.74 Å². The first-order chi connectivity index (χ1) is 17.6. The summed E-state index contributed by atoms with van der Waals surface area (Å²) in [5.74, 6) is 0.173. The van der Waals surface area contributed by atoms with Crippen molar-refractivity contribution in [2.75, 3.05) is 11.4 Å². The lowest BCUT2D eigenvalue weighted by molar-refractivity contribution is -0.131. The predicted octanol–water partition coefficient (Wildman–Crippen LogP) is 6.72. The van der Waals surface area contributed by atoms with Crippen LogP contribution in [-0.2, 0) is 17.8 Å². The number of hydrogen-bond acceptors (Lipinski definition) is 4. The summed E-state index contributed by atoms with van der Waals surface area (Å²) < 4.78 is 5.12. The van der Waals surface area contributed by atoms with Crippen LogP contribution in [0.2, 0.25) is 0 Å². The van der Waals surface area contributed by atoms with Gasteiger partial charge in [0.05, 0.1) is 0 Å². The highest BCUT2D eigenvalue weighted by Crippen LogP contribution is 2.31. The normalized spacial score (nSPS) is 10.5. The number of hydrogen-bond donors (Lipinski definition) is 1. The van der Waals surface area contributed by atoms with E-state index in [-0.39, 0.29) is 12.0 Å². The van der Waals surface area contributed by atoms with E-state index in [0.717, 1.165) is 27.5 Å². The first kappa shape index (κ1) is 25.1. The number of rotatable bonds is 9. The van der Waals surface area contributed by atoms with Gasteiger partial charge in [-0.05, 0) is 60.0 Å². The predicted molar refractivity (Wildman–Crippen MR) is 144 cm³/mol. The third-order valence-electron chi connectivity index (χ3n) is 5.45. The van der Waals surface area contributed by atoms with Crippen LogP contribution in [0, 0.1) is 0 Å². The first-order valence-corrected chi connectivity index (χ1v) is 12.6. The molecule has 0 saturated carbocycles. The van der Waals surface area contributed by atoms with E-state index in [1.165, 1.54) is 12.5 Å². The van der Waals surface area contributed by atoms with E-state index in [2.05, 4.69) is 17.4 Å². The average molecular weight is 497 g/mol. The zero-order chi connectivity index (χ0) is 25.2. The molecular formula is C30H28N2O3S. The molecule has 1 N–H and O–H groups in total. The Morgan fingerprint density at radius 1 is 0.778 bits per heavy atom. The molecule has 6 heteroatoms. The number of urea groups is 1. The van der Waals surface area contributed by atoms with Crippen LogP contribution in [-0.4, -0.2) is 18.5 Å². The number of amides is 2. The van der Waals surface area contributed by atoms with Gasteiger partial charge in [-0.25, -0.2) is 4.79 Å². The molecule has 36 heavy (non-hydrogen) atoms. The first-order valence-electron chi connectivity index (χ1n) is 11.8. The Bertz CT molecular complexity index is 1280. The Morgan fingerprint density at radius 3 is 2.11 bits per heavy atom. The summed E-state index contributed by atoms with van der Waals surface area (Å²) in [5.41, 5.74) is 3.06. The molecule has 0 unspecified atom stereocenters. The number of carbonyl (C=O) groups excluding carboxylic acids is 2. The van der Waals surface area contributed by atoms with E-state index in [0.29, 0.717) is 18.8 Å². The Hall–Kier alpha value is -4.03. The SMILES string of the molecule is CC(=O)Oc1ccc(Sc2cccc(N(CCc3ccccc3)C(=O)NCc3ccccc3)c2)cc1. The molecule has 0 radical (unpaired) electrons. The number of benzene rings is 4. The van der Waals surface area contributed by atoms with Crippen molar-refractivity contribution in [3.63, 3.8) is 0 Å². The minimum Gasteiger partial charge on any atom is -0.427 e. The van der Waals surface area contributed by atoms with Crippen molar-refractivity contribution in [3.8, 4) is 5.75 Å². The summed E-state index contributed by atoms with van der Waals surface area (Å²) >= 11 is 1.58. The molecule has 4 aromatic carbocycles. The van der Waals surface area contributed by atoms with Crippen molar-refractivity contribution in [1.29, 1.82) is 0 Å². The Morgan fingerprint density at radius 2 is 1.44 bits per heavy atom. The monoisotopic (exact) mass is 496 g/mol. The molecule has 0 atom stereocenters. The van der Waals surface area contributed by atoms with Crippen LogP contribution in [0.1, 0.15) is 18.1 Å². The fourth-order valence-electron chi connectivity index (χ4n) is 3.70. The maximum Gasteiger partial charge on any atom is 0.322 e. The van der Waals surface area contributed by atoms with Gasteiger partial charge in [-0.2, -0.15) is 0 Å². The number of esters is 1. The van der Waals surface area contributed by atoms with Gasteiger partial charge in [0.1, 0.15) is 5.75 Å². The van der Waals surface area contributed by atoms with E-state index in [1.54, 1.807) is 28.8 Å². The number of anilines is 1. The average Bonchev–Trinajstić information content (AvgIpc) is 2.90. The molecular weight excluding hydrogens is 468 g/mol. The van der Waals surface area contributed by atoms with Crippen LogP contribution in [0.4, 0.5) is 10.5 Å². The fourth-order valence-corrected chi connectivity index (χ4v) is 4.57. The van der Waals surface area contributed by atoms with Gasteiger partial charge in [0.15, 0.2) is 0 Å². The van der Waals surface area contributed by atoms with Gasteiger partial charge >= 0.3 is 12.0 Å². The molecule has 0 bridgehead atoms.